The Bertz CT molecular complexity index is 280. The highest BCUT2D eigenvalue weighted by molar-refractivity contribution is 7.54. The van der Waals surface area contributed by atoms with Gasteiger partial charge in [-0.2, -0.15) is 0 Å². The van der Waals surface area contributed by atoms with Crippen LogP contribution in [0, 0.1) is 0 Å². The molecule has 0 spiro atoms. The molecular formula is C9H16FO4P. The molecule has 0 heterocycles. The number of carbonyl (C=O) groups is 1. The molecule has 0 radical (unpaired) electrons. The van der Waals surface area contributed by atoms with E-state index in [1.807, 2.05) is 6.92 Å². The molecule has 0 aliphatic rings. The van der Waals surface area contributed by atoms with Gasteiger partial charge in [-0.05, 0) is 12.5 Å². The number of rotatable bonds is 7. The number of carbonyl (C=O) groups excluding carboxylic acids is 1. The van der Waals surface area contributed by atoms with Gasteiger partial charge < -0.3 is 9.05 Å². The largest absolute Gasteiger partial charge is 0.337 e. The van der Waals surface area contributed by atoms with Crippen LogP contribution in [-0.4, -0.2) is 26.2 Å². The van der Waals surface area contributed by atoms with Crippen molar-refractivity contribution < 1.29 is 22.8 Å². The molecule has 15 heavy (non-hydrogen) atoms. The highest BCUT2D eigenvalue weighted by Gasteiger charge is 2.27. The number of hydrogen-bond donors (Lipinski definition) is 0. The highest BCUT2D eigenvalue weighted by Crippen LogP contribution is 2.46. The lowest BCUT2D eigenvalue weighted by Crippen LogP contribution is -2.08. The van der Waals surface area contributed by atoms with Gasteiger partial charge in [0.2, 0.25) is 5.78 Å². The normalized spacial score (nSPS) is 12.9. The average molecular weight is 238 g/mol. The predicted octanol–water partition coefficient (Wildman–Crippen LogP) is 2.69. The molecule has 0 unspecified atom stereocenters. The van der Waals surface area contributed by atoms with Crippen LogP contribution in [0.3, 0.4) is 0 Å². The van der Waals surface area contributed by atoms with Crippen LogP contribution in [0.25, 0.3) is 0 Å². The molecule has 0 saturated heterocycles. The zero-order valence-corrected chi connectivity index (χ0v) is 10.1. The lowest BCUT2D eigenvalue weighted by atomic mass is 10.2. The maximum absolute atomic E-state index is 13.1. The van der Waals surface area contributed by atoms with Crippen molar-refractivity contribution in [2.24, 2.45) is 0 Å². The number of Topliss-reactive ketones (excluding diaryl/α,β-unsaturated/α-hetero) is 1. The summed E-state index contributed by atoms with van der Waals surface area (Å²) in [4.78, 5) is 11.2. The van der Waals surface area contributed by atoms with Crippen LogP contribution >= 0.6 is 7.60 Å². The van der Waals surface area contributed by atoms with Crippen molar-refractivity contribution in [1.82, 2.24) is 0 Å². The van der Waals surface area contributed by atoms with Crippen molar-refractivity contribution >= 4 is 13.4 Å². The number of allylic oxidation sites excluding steroid dienone is 2. The molecule has 0 atom stereocenters. The standard InChI is InChI=1S/C9H16FO4P/c1-4-5-6-8(10)9(11)7-15(12,13-2)14-3/h6H,4-5,7H2,1-3H3. The summed E-state index contributed by atoms with van der Waals surface area (Å²) < 4.78 is 33.6. The van der Waals surface area contributed by atoms with E-state index in [0.717, 1.165) is 20.6 Å². The lowest BCUT2D eigenvalue weighted by molar-refractivity contribution is -0.114. The Labute approximate surface area is 89.0 Å². The second-order valence-electron chi connectivity index (χ2n) is 2.90. The Balaban J connectivity index is 4.42. The van der Waals surface area contributed by atoms with E-state index in [0.29, 0.717) is 6.42 Å². The zero-order valence-electron chi connectivity index (χ0n) is 9.16. The van der Waals surface area contributed by atoms with Gasteiger partial charge in [-0.1, -0.05) is 13.3 Å². The summed E-state index contributed by atoms with van der Waals surface area (Å²) in [6, 6.07) is 0. The van der Waals surface area contributed by atoms with E-state index in [4.69, 9.17) is 0 Å². The van der Waals surface area contributed by atoms with E-state index in [1.54, 1.807) is 0 Å². The summed E-state index contributed by atoms with van der Waals surface area (Å²) in [6.07, 6.45) is 1.83. The molecule has 88 valence electrons. The zero-order chi connectivity index (χ0) is 11.9. The van der Waals surface area contributed by atoms with Gasteiger partial charge in [0.05, 0.1) is 0 Å². The SMILES string of the molecule is CCCC=C(F)C(=O)CP(=O)(OC)OC. The third-order valence-corrected chi connectivity index (χ3v) is 3.56. The maximum Gasteiger partial charge on any atom is 0.337 e. The summed E-state index contributed by atoms with van der Waals surface area (Å²) in [5.41, 5.74) is 0. The number of ketones is 1. The van der Waals surface area contributed by atoms with Crippen molar-refractivity contribution in [3.63, 3.8) is 0 Å². The first kappa shape index (κ1) is 14.5. The maximum atomic E-state index is 13.1. The van der Waals surface area contributed by atoms with Crippen molar-refractivity contribution in [2.75, 3.05) is 20.4 Å². The fraction of sp³-hybridized carbons (Fsp3) is 0.667. The fourth-order valence-corrected chi connectivity index (χ4v) is 1.75. The monoisotopic (exact) mass is 238 g/mol. The topological polar surface area (TPSA) is 52.6 Å². The quantitative estimate of drug-likeness (QED) is 0.505. The van der Waals surface area contributed by atoms with Crippen LogP contribution in [-0.2, 0) is 18.4 Å². The van der Waals surface area contributed by atoms with Crippen LogP contribution in [0.15, 0.2) is 11.9 Å². The summed E-state index contributed by atoms with van der Waals surface area (Å²) in [5.74, 6) is -1.73. The first-order chi connectivity index (χ1) is 6.99. The third-order valence-electron chi connectivity index (χ3n) is 1.77. The molecule has 0 amide bonds. The second-order valence-corrected chi connectivity index (χ2v) is 5.17. The summed E-state index contributed by atoms with van der Waals surface area (Å²) >= 11 is 0. The first-order valence-electron chi connectivity index (χ1n) is 4.58. The molecule has 0 N–H and O–H groups in total. The van der Waals surface area contributed by atoms with Crippen LogP contribution in [0.1, 0.15) is 19.8 Å². The van der Waals surface area contributed by atoms with Crippen molar-refractivity contribution in [3.8, 4) is 0 Å². The first-order valence-corrected chi connectivity index (χ1v) is 6.31. The van der Waals surface area contributed by atoms with E-state index in [2.05, 4.69) is 9.05 Å². The Hall–Kier alpha value is -0.510. The second kappa shape index (κ2) is 6.88. The van der Waals surface area contributed by atoms with Crippen LogP contribution < -0.4 is 0 Å². The van der Waals surface area contributed by atoms with Gasteiger partial charge in [-0.25, -0.2) is 4.39 Å². The van der Waals surface area contributed by atoms with Gasteiger partial charge >= 0.3 is 7.60 Å². The molecular weight excluding hydrogens is 222 g/mol. The summed E-state index contributed by atoms with van der Waals surface area (Å²) in [7, 11) is -1.14. The molecule has 6 heteroatoms. The van der Waals surface area contributed by atoms with Crippen molar-refractivity contribution in [2.45, 2.75) is 19.8 Å². The van der Waals surface area contributed by atoms with Gasteiger partial charge in [-0.3, -0.25) is 9.36 Å². The molecule has 0 bridgehead atoms. The average Bonchev–Trinajstić information content (AvgIpc) is 2.25. The Kier molecular flexibility index (Phi) is 6.65. The summed E-state index contributed by atoms with van der Waals surface area (Å²) in [6.45, 7) is 1.86. The minimum absolute atomic E-state index is 0.474. The molecule has 4 nitrogen and oxygen atoms in total. The molecule has 0 aromatic rings. The van der Waals surface area contributed by atoms with Gasteiger partial charge in [-0.15, -0.1) is 0 Å². The fourth-order valence-electron chi connectivity index (χ4n) is 0.840. The molecule has 0 aliphatic carbocycles. The van der Waals surface area contributed by atoms with E-state index in [9.17, 15) is 13.8 Å². The van der Waals surface area contributed by atoms with E-state index in [1.165, 1.54) is 6.08 Å². The van der Waals surface area contributed by atoms with Crippen LogP contribution in [0.5, 0.6) is 0 Å². The van der Waals surface area contributed by atoms with E-state index < -0.39 is 25.4 Å². The van der Waals surface area contributed by atoms with Gasteiger partial charge in [0.1, 0.15) is 6.16 Å². The Morgan fingerprint density at radius 1 is 1.40 bits per heavy atom. The third kappa shape index (κ3) is 5.21. The summed E-state index contributed by atoms with van der Waals surface area (Å²) in [5, 5.41) is 0. The number of unbranched alkanes of at least 4 members (excludes halogenated alkanes) is 1. The molecule has 0 fully saturated rings. The Morgan fingerprint density at radius 2 is 1.93 bits per heavy atom. The minimum Gasteiger partial charge on any atom is -0.312 e. The smallest absolute Gasteiger partial charge is 0.312 e. The molecule has 0 aromatic heterocycles. The van der Waals surface area contributed by atoms with Crippen LogP contribution in [0.2, 0.25) is 0 Å². The van der Waals surface area contributed by atoms with Crippen LogP contribution in [0.4, 0.5) is 4.39 Å². The predicted molar refractivity (Wildman–Crippen MR) is 55.6 cm³/mol. The Morgan fingerprint density at radius 3 is 2.33 bits per heavy atom. The minimum atomic E-state index is -3.45. The number of halogens is 1. The van der Waals surface area contributed by atoms with Gasteiger partial charge in [0.25, 0.3) is 0 Å². The van der Waals surface area contributed by atoms with Gasteiger partial charge in [0, 0.05) is 14.2 Å². The van der Waals surface area contributed by atoms with E-state index in [-0.39, 0.29) is 0 Å². The van der Waals surface area contributed by atoms with E-state index >= 15 is 0 Å². The van der Waals surface area contributed by atoms with Gasteiger partial charge in [0.15, 0.2) is 5.83 Å². The lowest BCUT2D eigenvalue weighted by Gasteiger charge is -2.11. The van der Waals surface area contributed by atoms with Crippen molar-refractivity contribution in [1.29, 1.82) is 0 Å². The highest BCUT2D eigenvalue weighted by atomic mass is 31.2. The molecule has 0 saturated carbocycles. The number of hydrogen-bond acceptors (Lipinski definition) is 4. The molecule has 0 rings (SSSR count). The van der Waals surface area contributed by atoms with Crippen molar-refractivity contribution in [3.05, 3.63) is 11.9 Å². The molecule has 0 aliphatic heterocycles. The molecule has 0 aromatic carbocycles.